The van der Waals surface area contributed by atoms with Gasteiger partial charge < -0.3 is 10.2 Å². The summed E-state index contributed by atoms with van der Waals surface area (Å²) in [6.07, 6.45) is 5.48. The number of nitrogens with zero attached hydrogens (tertiary/aromatic N) is 4. The first-order chi connectivity index (χ1) is 8.66. The zero-order valence-electron chi connectivity index (χ0n) is 11.0. The van der Waals surface area contributed by atoms with E-state index in [0.717, 1.165) is 19.4 Å². The molecule has 6 heteroatoms. The zero-order valence-corrected chi connectivity index (χ0v) is 11.0. The molecule has 18 heavy (non-hydrogen) atoms. The summed E-state index contributed by atoms with van der Waals surface area (Å²) in [5, 5.41) is 11.0. The van der Waals surface area contributed by atoms with Crippen molar-refractivity contribution < 1.29 is 4.79 Å². The number of amides is 1. The molecule has 1 unspecified atom stereocenters. The molecule has 1 N–H and O–H groups in total. The second-order valence-corrected chi connectivity index (χ2v) is 5.01. The molecule has 1 aromatic rings. The maximum absolute atomic E-state index is 12.2. The topological polar surface area (TPSA) is 63.1 Å². The lowest BCUT2D eigenvalue weighted by atomic mass is 10.0. The first-order valence-corrected chi connectivity index (χ1v) is 6.56. The third-order valence-corrected chi connectivity index (χ3v) is 3.14. The Hall–Kier alpha value is -1.43. The standard InChI is InChI=1S/C12H21N5O/c1-10(2)14-11-4-3-6-16(12(11)18)8-9-17-7-5-13-15-17/h5,7,10-11,14H,3-4,6,8-9H2,1-2H3. The molecule has 1 aliphatic heterocycles. The van der Waals surface area contributed by atoms with E-state index in [1.807, 2.05) is 11.1 Å². The number of likely N-dealkylation sites (tertiary alicyclic amines) is 1. The average molecular weight is 251 g/mol. The maximum Gasteiger partial charge on any atom is 0.239 e. The van der Waals surface area contributed by atoms with Crippen LogP contribution in [0.2, 0.25) is 0 Å². The summed E-state index contributed by atoms with van der Waals surface area (Å²) in [5.41, 5.74) is 0. The Morgan fingerprint density at radius 2 is 2.33 bits per heavy atom. The van der Waals surface area contributed by atoms with Crippen LogP contribution in [0.4, 0.5) is 0 Å². The van der Waals surface area contributed by atoms with E-state index in [9.17, 15) is 4.79 Å². The quantitative estimate of drug-likeness (QED) is 0.816. The molecular weight excluding hydrogens is 230 g/mol. The van der Waals surface area contributed by atoms with Crippen LogP contribution >= 0.6 is 0 Å². The minimum absolute atomic E-state index is 0.0190. The fraction of sp³-hybridized carbons (Fsp3) is 0.750. The number of aromatic nitrogens is 3. The predicted molar refractivity (Wildman–Crippen MR) is 67.9 cm³/mol. The van der Waals surface area contributed by atoms with Crippen molar-refractivity contribution >= 4 is 5.91 Å². The summed E-state index contributed by atoms with van der Waals surface area (Å²) in [7, 11) is 0. The van der Waals surface area contributed by atoms with Gasteiger partial charge >= 0.3 is 0 Å². The molecular formula is C12H21N5O. The largest absolute Gasteiger partial charge is 0.339 e. The van der Waals surface area contributed by atoms with E-state index in [4.69, 9.17) is 0 Å². The highest BCUT2D eigenvalue weighted by atomic mass is 16.2. The highest BCUT2D eigenvalue weighted by Gasteiger charge is 2.28. The van der Waals surface area contributed by atoms with Gasteiger partial charge in [-0.2, -0.15) is 0 Å². The number of hydrogen-bond acceptors (Lipinski definition) is 4. The molecule has 6 nitrogen and oxygen atoms in total. The first kappa shape index (κ1) is 13.0. The molecule has 1 atom stereocenters. The van der Waals surface area contributed by atoms with Crippen molar-refractivity contribution in [2.75, 3.05) is 13.1 Å². The number of nitrogens with one attached hydrogen (secondary N) is 1. The normalized spacial score (nSPS) is 20.7. The van der Waals surface area contributed by atoms with Gasteiger partial charge in [0, 0.05) is 25.3 Å². The summed E-state index contributed by atoms with van der Waals surface area (Å²) in [4.78, 5) is 14.2. The van der Waals surface area contributed by atoms with Crippen molar-refractivity contribution in [3.63, 3.8) is 0 Å². The molecule has 0 aromatic carbocycles. The Morgan fingerprint density at radius 1 is 1.50 bits per heavy atom. The highest BCUT2D eigenvalue weighted by Crippen LogP contribution is 2.12. The summed E-state index contributed by atoms with van der Waals surface area (Å²) in [5.74, 6) is 0.218. The fourth-order valence-electron chi connectivity index (χ4n) is 2.29. The molecule has 1 fully saturated rings. The Balaban J connectivity index is 1.86. The maximum atomic E-state index is 12.2. The van der Waals surface area contributed by atoms with Crippen LogP contribution in [-0.2, 0) is 11.3 Å². The number of piperidine rings is 1. The summed E-state index contributed by atoms with van der Waals surface area (Å²) in [6.45, 7) is 6.41. The first-order valence-electron chi connectivity index (χ1n) is 6.56. The van der Waals surface area contributed by atoms with Crippen molar-refractivity contribution in [1.82, 2.24) is 25.2 Å². The molecule has 1 amide bonds. The SMILES string of the molecule is CC(C)NC1CCCN(CCn2ccnn2)C1=O. The van der Waals surface area contributed by atoms with Gasteiger partial charge in [0.05, 0.1) is 18.8 Å². The highest BCUT2D eigenvalue weighted by molar-refractivity contribution is 5.82. The Labute approximate surface area is 107 Å². The number of rotatable bonds is 5. The van der Waals surface area contributed by atoms with E-state index in [0.29, 0.717) is 19.1 Å². The van der Waals surface area contributed by atoms with E-state index < -0.39 is 0 Å². The van der Waals surface area contributed by atoms with Gasteiger partial charge in [-0.15, -0.1) is 5.10 Å². The van der Waals surface area contributed by atoms with Crippen molar-refractivity contribution in [2.45, 2.75) is 45.3 Å². The van der Waals surface area contributed by atoms with Crippen molar-refractivity contribution in [3.8, 4) is 0 Å². The number of carbonyl (C=O) groups is 1. The lowest BCUT2D eigenvalue weighted by molar-refractivity contribution is -0.136. The van der Waals surface area contributed by atoms with Crippen LogP contribution in [0.3, 0.4) is 0 Å². The van der Waals surface area contributed by atoms with Crippen LogP contribution in [0.5, 0.6) is 0 Å². The second-order valence-electron chi connectivity index (χ2n) is 5.01. The van der Waals surface area contributed by atoms with Crippen molar-refractivity contribution in [3.05, 3.63) is 12.4 Å². The van der Waals surface area contributed by atoms with Crippen LogP contribution in [0, 0.1) is 0 Å². The summed E-state index contributed by atoms with van der Waals surface area (Å²) in [6, 6.07) is 0.323. The third kappa shape index (κ3) is 3.29. The molecule has 1 saturated heterocycles. The van der Waals surface area contributed by atoms with Gasteiger partial charge in [0.1, 0.15) is 0 Å². The molecule has 0 bridgehead atoms. The van der Waals surface area contributed by atoms with Gasteiger partial charge in [-0.3, -0.25) is 9.48 Å². The smallest absolute Gasteiger partial charge is 0.239 e. The van der Waals surface area contributed by atoms with Crippen LogP contribution in [-0.4, -0.2) is 51.0 Å². The van der Waals surface area contributed by atoms with Gasteiger partial charge in [-0.05, 0) is 12.8 Å². The van der Waals surface area contributed by atoms with Crippen LogP contribution < -0.4 is 5.32 Å². The van der Waals surface area contributed by atoms with E-state index >= 15 is 0 Å². The zero-order chi connectivity index (χ0) is 13.0. The molecule has 0 saturated carbocycles. The molecule has 2 rings (SSSR count). The minimum atomic E-state index is -0.0190. The molecule has 100 valence electrons. The van der Waals surface area contributed by atoms with Crippen molar-refractivity contribution in [1.29, 1.82) is 0 Å². The second kappa shape index (κ2) is 5.95. The van der Waals surface area contributed by atoms with E-state index in [1.165, 1.54) is 0 Å². The number of carbonyl (C=O) groups excluding carboxylic acids is 1. The van der Waals surface area contributed by atoms with Crippen molar-refractivity contribution in [2.24, 2.45) is 0 Å². The van der Waals surface area contributed by atoms with Gasteiger partial charge in [-0.25, -0.2) is 0 Å². The molecule has 0 radical (unpaired) electrons. The van der Waals surface area contributed by atoms with E-state index in [1.54, 1.807) is 10.9 Å². The lowest BCUT2D eigenvalue weighted by Gasteiger charge is -2.33. The van der Waals surface area contributed by atoms with Gasteiger partial charge in [0.15, 0.2) is 0 Å². The minimum Gasteiger partial charge on any atom is -0.339 e. The van der Waals surface area contributed by atoms with Gasteiger partial charge in [-0.1, -0.05) is 19.1 Å². The molecule has 0 aliphatic carbocycles. The van der Waals surface area contributed by atoms with Gasteiger partial charge in [0.2, 0.25) is 5.91 Å². The average Bonchev–Trinajstić information content (AvgIpc) is 2.83. The predicted octanol–water partition coefficient (Wildman–Crippen LogP) is 0.267. The Kier molecular flexibility index (Phi) is 4.30. The Morgan fingerprint density at radius 3 is 3.00 bits per heavy atom. The third-order valence-electron chi connectivity index (χ3n) is 3.14. The monoisotopic (exact) mass is 251 g/mol. The van der Waals surface area contributed by atoms with Crippen LogP contribution in [0.1, 0.15) is 26.7 Å². The van der Waals surface area contributed by atoms with Crippen LogP contribution in [0.15, 0.2) is 12.4 Å². The molecule has 1 aliphatic rings. The molecule has 2 heterocycles. The van der Waals surface area contributed by atoms with Crippen LogP contribution in [0.25, 0.3) is 0 Å². The van der Waals surface area contributed by atoms with E-state index in [2.05, 4.69) is 29.5 Å². The molecule has 0 spiro atoms. The lowest BCUT2D eigenvalue weighted by Crippen LogP contribution is -2.52. The Bertz CT molecular complexity index is 376. The summed E-state index contributed by atoms with van der Waals surface area (Å²) >= 11 is 0. The van der Waals surface area contributed by atoms with Gasteiger partial charge in [0.25, 0.3) is 0 Å². The fourth-order valence-corrected chi connectivity index (χ4v) is 2.29. The summed E-state index contributed by atoms with van der Waals surface area (Å²) < 4.78 is 1.76. The number of hydrogen-bond donors (Lipinski definition) is 1. The molecule has 1 aromatic heterocycles. The van der Waals surface area contributed by atoms with E-state index in [-0.39, 0.29) is 11.9 Å².